The lowest BCUT2D eigenvalue weighted by Crippen LogP contribution is -2.63. The summed E-state index contributed by atoms with van der Waals surface area (Å²) in [6.07, 6.45) is 3.70. The van der Waals surface area contributed by atoms with Crippen LogP contribution in [0.5, 0.6) is 0 Å². The molecule has 0 radical (unpaired) electrons. The molecule has 1 fully saturated rings. The largest absolute Gasteiger partial charge is 0.354 e. The first kappa shape index (κ1) is 22.9. The first-order chi connectivity index (χ1) is 11.7. The standard InChI is InChI=1S/C21H41N3O2/c1-15(2)10-9-13-23-17(25)16-11-12-19(3,4)14-24(16)18(26)20(5,6)21(7,8)22/h15-16H,9-14,22H2,1-8H3,(H,23,25). The summed E-state index contributed by atoms with van der Waals surface area (Å²) in [6, 6.07) is -0.392. The lowest BCUT2D eigenvalue weighted by atomic mass is 9.72. The minimum Gasteiger partial charge on any atom is -0.354 e. The summed E-state index contributed by atoms with van der Waals surface area (Å²) in [5.74, 6) is 0.580. The molecule has 0 aromatic heterocycles. The number of hydrogen-bond donors (Lipinski definition) is 2. The molecule has 1 unspecified atom stereocenters. The number of likely N-dealkylation sites (tertiary alicyclic amines) is 1. The van der Waals surface area contributed by atoms with E-state index in [1.165, 1.54) is 0 Å². The van der Waals surface area contributed by atoms with Crippen LogP contribution in [-0.4, -0.2) is 41.4 Å². The fraction of sp³-hybridized carbons (Fsp3) is 0.905. The maximum atomic E-state index is 13.4. The third-order valence-corrected chi connectivity index (χ3v) is 6.04. The molecule has 1 rings (SSSR count). The number of piperidine rings is 1. The minimum atomic E-state index is -0.739. The van der Waals surface area contributed by atoms with Gasteiger partial charge in [0, 0.05) is 18.6 Å². The zero-order valence-corrected chi connectivity index (χ0v) is 18.2. The average molecular weight is 368 g/mol. The SMILES string of the molecule is CC(C)CCCNC(=O)C1CCC(C)(C)CN1C(=O)C(C)(C)C(C)(C)N. The molecule has 0 bridgehead atoms. The van der Waals surface area contributed by atoms with Crippen molar-refractivity contribution in [3.8, 4) is 0 Å². The highest BCUT2D eigenvalue weighted by molar-refractivity contribution is 5.90. The van der Waals surface area contributed by atoms with E-state index in [0.717, 1.165) is 19.3 Å². The molecule has 2 amide bonds. The van der Waals surface area contributed by atoms with E-state index < -0.39 is 17.0 Å². The molecule has 0 aromatic rings. The Morgan fingerprint density at radius 1 is 1.23 bits per heavy atom. The van der Waals surface area contributed by atoms with E-state index in [1.54, 1.807) is 4.90 Å². The van der Waals surface area contributed by atoms with Crippen molar-refractivity contribution in [2.75, 3.05) is 13.1 Å². The van der Waals surface area contributed by atoms with Crippen LogP contribution in [0.15, 0.2) is 0 Å². The van der Waals surface area contributed by atoms with E-state index in [2.05, 4.69) is 33.0 Å². The molecular formula is C21H41N3O2. The summed E-state index contributed by atoms with van der Waals surface area (Å²) < 4.78 is 0. The Kier molecular flexibility index (Phi) is 7.31. The van der Waals surface area contributed by atoms with Crippen LogP contribution in [0.25, 0.3) is 0 Å². The van der Waals surface area contributed by atoms with Crippen molar-refractivity contribution >= 4 is 11.8 Å². The maximum absolute atomic E-state index is 13.4. The molecule has 3 N–H and O–H groups in total. The third kappa shape index (κ3) is 5.70. The maximum Gasteiger partial charge on any atom is 0.242 e. The number of nitrogens with one attached hydrogen (secondary N) is 1. The summed E-state index contributed by atoms with van der Waals surface area (Å²) in [5.41, 5.74) is 4.90. The Hall–Kier alpha value is -1.10. The van der Waals surface area contributed by atoms with Gasteiger partial charge >= 0.3 is 0 Å². The van der Waals surface area contributed by atoms with Gasteiger partial charge in [-0.2, -0.15) is 0 Å². The van der Waals surface area contributed by atoms with Crippen LogP contribution in [0.3, 0.4) is 0 Å². The van der Waals surface area contributed by atoms with Crippen LogP contribution in [0.2, 0.25) is 0 Å². The van der Waals surface area contributed by atoms with Crippen LogP contribution in [0, 0.1) is 16.7 Å². The molecule has 152 valence electrons. The second-order valence-corrected chi connectivity index (χ2v) is 10.3. The van der Waals surface area contributed by atoms with Gasteiger partial charge in [0.25, 0.3) is 0 Å². The highest BCUT2D eigenvalue weighted by Crippen LogP contribution is 2.37. The Morgan fingerprint density at radius 3 is 2.31 bits per heavy atom. The smallest absolute Gasteiger partial charge is 0.242 e. The van der Waals surface area contributed by atoms with E-state index >= 15 is 0 Å². The van der Waals surface area contributed by atoms with Gasteiger partial charge in [0.2, 0.25) is 11.8 Å². The van der Waals surface area contributed by atoms with E-state index in [0.29, 0.717) is 25.4 Å². The first-order valence-electron chi connectivity index (χ1n) is 10.1. The Bertz CT molecular complexity index is 504. The van der Waals surface area contributed by atoms with Crippen LogP contribution in [0.1, 0.15) is 81.1 Å². The number of carbonyl (C=O) groups excluding carboxylic acids is 2. The zero-order chi connectivity index (χ0) is 20.3. The molecule has 0 spiro atoms. The number of nitrogens with zero attached hydrogens (tertiary/aromatic N) is 1. The topological polar surface area (TPSA) is 75.4 Å². The predicted molar refractivity (Wildman–Crippen MR) is 108 cm³/mol. The van der Waals surface area contributed by atoms with Crippen molar-refractivity contribution in [2.45, 2.75) is 92.7 Å². The molecule has 1 atom stereocenters. The molecule has 5 nitrogen and oxygen atoms in total. The van der Waals surface area contributed by atoms with Crippen molar-refractivity contribution in [1.29, 1.82) is 0 Å². The van der Waals surface area contributed by atoms with Gasteiger partial charge < -0.3 is 16.0 Å². The van der Waals surface area contributed by atoms with Gasteiger partial charge in [-0.1, -0.05) is 27.7 Å². The van der Waals surface area contributed by atoms with Crippen LogP contribution in [-0.2, 0) is 9.59 Å². The molecule has 0 saturated carbocycles. The van der Waals surface area contributed by atoms with Crippen molar-refractivity contribution in [3.05, 3.63) is 0 Å². The van der Waals surface area contributed by atoms with Gasteiger partial charge in [-0.3, -0.25) is 9.59 Å². The summed E-state index contributed by atoms with van der Waals surface area (Å²) in [5, 5.41) is 3.05. The second-order valence-electron chi connectivity index (χ2n) is 10.3. The Balaban J connectivity index is 2.91. The van der Waals surface area contributed by atoms with E-state index in [-0.39, 0.29) is 17.2 Å². The van der Waals surface area contributed by atoms with Crippen LogP contribution < -0.4 is 11.1 Å². The highest BCUT2D eigenvalue weighted by Gasteiger charge is 2.48. The molecule has 0 aliphatic carbocycles. The molecule has 26 heavy (non-hydrogen) atoms. The second kappa shape index (κ2) is 8.28. The molecule has 1 aliphatic heterocycles. The lowest BCUT2D eigenvalue weighted by Gasteiger charge is -2.48. The molecule has 1 heterocycles. The van der Waals surface area contributed by atoms with Gasteiger partial charge in [0.15, 0.2) is 0 Å². The van der Waals surface area contributed by atoms with Crippen molar-refractivity contribution in [1.82, 2.24) is 10.2 Å². The van der Waals surface area contributed by atoms with Crippen molar-refractivity contribution in [2.24, 2.45) is 22.5 Å². The van der Waals surface area contributed by atoms with Gasteiger partial charge in [-0.05, 0) is 64.7 Å². The van der Waals surface area contributed by atoms with Crippen molar-refractivity contribution in [3.63, 3.8) is 0 Å². The third-order valence-electron chi connectivity index (χ3n) is 6.04. The number of carbonyl (C=O) groups is 2. The first-order valence-corrected chi connectivity index (χ1v) is 10.1. The highest BCUT2D eigenvalue weighted by atomic mass is 16.2. The monoisotopic (exact) mass is 367 g/mol. The van der Waals surface area contributed by atoms with Crippen LogP contribution in [0.4, 0.5) is 0 Å². The summed E-state index contributed by atoms with van der Waals surface area (Å²) in [4.78, 5) is 28.0. The summed E-state index contributed by atoms with van der Waals surface area (Å²) in [6.45, 7) is 17.5. The quantitative estimate of drug-likeness (QED) is 0.678. The van der Waals surface area contributed by atoms with Gasteiger partial charge in [-0.15, -0.1) is 0 Å². The molecule has 0 aromatic carbocycles. The van der Waals surface area contributed by atoms with Gasteiger partial charge in [0.05, 0.1) is 5.41 Å². The summed E-state index contributed by atoms with van der Waals surface area (Å²) in [7, 11) is 0. The van der Waals surface area contributed by atoms with Gasteiger partial charge in [0.1, 0.15) is 6.04 Å². The summed E-state index contributed by atoms with van der Waals surface area (Å²) >= 11 is 0. The molecule has 5 heteroatoms. The minimum absolute atomic E-state index is 0.0128. The van der Waals surface area contributed by atoms with Crippen LogP contribution >= 0.6 is 0 Å². The average Bonchev–Trinajstić information content (AvgIpc) is 2.48. The van der Waals surface area contributed by atoms with Gasteiger partial charge in [-0.25, -0.2) is 0 Å². The lowest BCUT2D eigenvalue weighted by molar-refractivity contribution is -0.155. The number of rotatable bonds is 7. The van der Waals surface area contributed by atoms with E-state index in [4.69, 9.17) is 5.73 Å². The number of nitrogens with two attached hydrogens (primary N) is 1. The zero-order valence-electron chi connectivity index (χ0n) is 18.2. The van der Waals surface area contributed by atoms with E-state index in [1.807, 2.05) is 27.7 Å². The molecular weight excluding hydrogens is 326 g/mol. The molecule has 1 saturated heterocycles. The fourth-order valence-electron chi connectivity index (χ4n) is 3.29. The van der Waals surface area contributed by atoms with E-state index in [9.17, 15) is 9.59 Å². The predicted octanol–water partition coefficient (Wildman–Crippen LogP) is 3.32. The Labute approximate surface area is 160 Å². The van der Waals surface area contributed by atoms with Crippen molar-refractivity contribution < 1.29 is 9.59 Å². The fourth-order valence-corrected chi connectivity index (χ4v) is 3.29. The Morgan fingerprint density at radius 2 is 1.81 bits per heavy atom. The number of amides is 2. The number of hydrogen-bond acceptors (Lipinski definition) is 3. The normalized spacial score (nSPS) is 21.0. The molecule has 1 aliphatic rings.